The highest BCUT2D eigenvalue weighted by molar-refractivity contribution is 7.45. The van der Waals surface area contributed by atoms with Gasteiger partial charge in [-0.05, 0) is 32.1 Å². The monoisotopic (exact) mass is 337 g/mol. The number of quaternary nitrogens is 1. The first-order chi connectivity index (χ1) is 10.2. The molecule has 0 rings (SSSR count). The molecular formula is C14H28NO6P. The third-order valence-corrected chi connectivity index (χ3v) is 3.92. The molecule has 0 aromatic rings. The number of rotatable bonds is 13. The molecule has 0 aromatic heterocycles. The standard InChI is InChI=1S/C14H28NO6P/c1-5-12-20-22(17,18)21-15(3,4)11-9-7-8-10-13-19-14(16)6-2/h6H,2,5,7-13H2,1,3-4H3. The van der Waals surface area contributed by atoms with E-state index in [2.05, 4.69) is 6.58 Å². The molecular weight excluding hydrogens is 309 g/mol. The van der Waals surface area contributed by atoms with E-state index in [9.17, 15) is 14.3 Å². The second-order valence-corrected chi connectivity index (χ2v) is 6.76. The molecule has 0 saturated carbocycles. The van der Waals surface area contributed by atoms with E-state index in [1.54, 1.807) is 14.1 Å². The normalized spacial score (nSPS) is 14.4. The first-order valence-corrected chi connectivity index (χ1v) is 8.97. The summed E-state index contributed by atoms with van der Waals surface area (Å²) in [5, 5.41) is 0. The Morgan fingerprint density at radius 1 is 1.23 bits per heavy atom. The summed E-state index contributed by atoms with van der Waals surface area (Å²) in [5.74, 6) is -0.413. The summed E-state index contributed by atoms with van der Waals surface area (Å²) < 4.78 is 26.1. The number of phosphoric ester groups is 1. The highest BCUT2D eigenvalue weighted by Gasteiger charge is 2.25. The average Bonchev–Trinajstić information content (AvgIpc) is 2.42. The van der Waals surface area contributed by atoms with Gasteiger partial charge in [-0.1, -0.05) is 13.5 Å². The van der Waals surface area contributed by atoms with Gasteiger partial charge in [0.15, 0.2) is 0 Å². The van der Waals surface area contributed by atoms with Crippen LogP contribution in [-0.4, -0.2) is 44.5 Å². The van der Waals surface area contributed by atoms with Crippen molar-refractivity contribution in [2.24, 2.45) is 0 Å². The molecule has 0 aliphatic rings. The molecule has 0 amide bonds. The van der Waals surface area contributed by atoms with E-state index in [-0.39, 0.29) is 11.3 Å². The summed E-state index contributed by atoms with van der Waals surface area (Å²) in [5.41, 5.74) is 0. The predicted molar refractivity (Wildman–Crippen MR) is 81.5 cm³/mol. The van der Waals surface area contributed by atoms with Crippen LogP contribution in [-0.2, 0) is 23.2 Å². The number of esters is 1. The van der Waals surface area contributed by atoms with E-state index in [0.29, 0.717) is 19.6 Å². The van der Waals surface area contributed by atoms with Gasteiger partial charge in [0.25, 0.3) is 0 Å². The molecule has 1 unspecified atom stereocenters. The van der Waals surface area contributed by atoms with Gasteiger partial charge in [0, 0.05) is 6.08 Å². The molecule has 0 heterocycles. The second-order valence-electron chi connectivity index (χ2n) is 5.45. The molecule has 0 saturated heterocycles. The Bertz CT molecular complexity index is 386. The lowest BCUT2D eigenvalue weighted by Gasteiger charge is -2.32. The number of ether oxygens (including phenoxy) is 1. The maximum Gasteiger partial charge on any atom is 0.330 e. The van der Waals surface area contributed by atoms with Crippen molar-refractivity contribution >= 4 is 13.8 Å². The first kappa shape index (κ1) is 21.3. The molecule has 130 valence electrons. The van der Waals surface area contributed by atoms with E-state index in [1.165, 1.54) is 0 Å². The van der Waals surface area contributed by atoms with Crippen LogP contribution in [0, 0.1) is 0 Å². The zero-order valence-electron chi connectivity index (χ0n) is 13.8. The summed E-state index contributed by atoms with van der Waals surface area (Å²) in [6, 6.07) is 0. The zero-order valence-corrected chi connectivity index (χ0v) is 14.7. The SMILES string of the molecule is C=CC(=O)OCCCCCC[N+](C)(C)OP(=O)([O-])OCCC. The van der Waals surface area contributed by atoms with Crippen LogP contribution in [0.25, 0.3) is 0 Å². The molecule has 8 heteroatoms. The van der Waals surface area contributed by atoms with Crippen molar-refractivity contribution in [1.29, 1.82) is 0 Å². The maximum absolute atomic E-state index is 11.6. The van der Waals surface area contributed by atoms with Gasteiger partial charge in [-0.25, -0.2) is 4.79 Å². The van der Waals surface area contributed by atoms with Crippen LogP contribution in [0.1, 0.15) is 39.0 Å². The predicted octanol–water partition coefficient (Wildman–Crippen LogP) is 2.18. The number of carbonyl (C=O) groups is 1. The van der Waals surface area contributed by atoms with Gasteiger partial charge in [0.1, 0.15) is 6.54 Å². The van der Waals surface area contributed by atoms with Crippen molar-refractivity contribution < 1.29 is 32.8 Å². The average molecular weight is 337 g/mol. The fourth-order valence-electron chi connectivity index (χ4n) is 1.72. The highest BCUT2D eigenvalue weighted by Crippen LogP contribution is 2.41. The smallest absolute Gasteiger partial charge is 0.330 e. The molecule has 0 spiro atoms. The van der Waals surface area contributed by atoms with Gasteiger partial charge in [-0.3, -0.25) is 4.57 Å². The van der Waals surface area contributed by atoms with E-state index in [4.69, 9.17) is 13.9 Å². The van der Waals surface area contributed by atoms with Crippen LogP contribution >= 0.6 is 7.82 Å². The van der Waals surface area contributed by atoms with Crippen LogP contribution in [0.4, 0.5) is 0 Å². The van der Waals surface area contributed by atoms with Crippen LogP contribution in [0.2, 0.25) is 0 Å². The van der Waals surface area contributed by atoms with Crippen molar-refractivity contribution in [2.75, 3.05) is 33.9 Å². The van der Waals surface area contributed by atoms with Gasteiger partial charge >= 0.3 is 13.8 Å². The lowest BCUT2D eigenvalue weighted by atomic mass is 10.2. The number of unbranched alkanes of at least 4 members (excludes halogenated alkanes) is 3. The Morgan fingerprint density at radius 2 is 1.86 bits per heavy atom. The molecule has 1 atom stereocenters. The van der Waals surface area contributed by atoms with E-state index in [1.807, 2.05) is 6.92 Å². The fraction of sp³-hybridized carbons (Fsp3) is 0.786. The molecule has 0 aromatic carbocycles. The minimum atomic E-state index is -4.26. The Kier molecular flexibility index (Phi) is 10.6. The molecule has 0 bridgehead atoms. The Labute approximate surface area is 133 Å². The Balaban J connectivity index is 3.82. The quantitative estimate of drug-likeness (QED) is 0.128. The summed E-state index contributed by atoms with van der Waals surface area (Å²) in [6.45, 7) is 6.19. The largest absolute Gasteiger partial charge is 0.752 e. The van der Waals surface area contributed by atoms with Gasteiger partial charge in [0.2, 0.25) is 0 Å². The summed E-state index contributed by atoms with van der Waals surface area (Å²) in [7, 11) is -0.911. The van der Waals surface area contributed by atoms with Gasteiger partial charge in [0.05, 0.1) is 27.3 Å². The maximum atomic E-state index is 11.6. The van der Waals surface area contributed by atoms with Crippen molar-refractivity contribution in [2.45, 2.75) is 39.0 Å². The van der Waals surface area contributed by atoms with Crippen LogP contribution in [0.15, 0.2) is 12.7 Å². The lowest BCUT2D eigenvalue weighted by molar-refractivity contribution is -1.05. The van der Waals surface area contributed by atoms with E-state index >= 15 is 0 Å². The second kappa shape index (κ2) is 10.9. The summed E-state index contributed by atoms with van der Waals surface area (Å²) in [4.78, 5) is 22.4. The molecule has 7 nitrogen and oxygen atoms in total. The number of hydrogen-bond donors (Lipinski definition) is 0. The summed E-state index contributed by atoms with van der Waals surface area (Å²) >= 11 is 0. The Morgan fingerprint density at radius 3 is 2.45 bits per heavy atom. The van der Waals surface area contributed by atoms with Crippen molar-refractivity contribution in [3.63, 3.8) is 0 Å². The van der Waals surface area contributed by atoms with Gasteiger partial charge in [-0.2, -0.15) is 4.65 Å². The zero-order chi connectivity index (χ0) is 17.1. The first-order valence-electron chi connectivity index (χ1n) is 7.51. The Hall–Kier alpha value is -0.720. The number of nitrogens with zero attached hydrogens (tertiary/aromatic N) is 1. The van der Waals surface area contributed by atoms with Crippen LogP contribution in [0.3, 0.4) is 0 Å². The van der Waals surface area contributed by atoms with Crippen LogP contribution in [0.5, 0.6) is 0 Å². The van der Waals surface area contributed by atoms with Crippen molar-refractivity contribution in [1.82, 2.24) is 0 Å². The van der Waals surface area contributed by atoms with E-state index in [0.717, 1.165) is 31.8 Å². The topological polar surface area (TPSA) is 84.9 Å². The molecule has 0 fully saturated rings. The minimum absolute atomic E-state index is 0.101. The highest BCUT2D eigenvalue weighted by atomic mass is 31.2. The van der Waals surface area contributed by atoms with Crippen LogP contribution < -0.4 is 4.89 Å². The molecule has 0 radical (unpaired) electrons. The number of carbonyl (C=O) groups excluding carboxylic acids is 1. The number of hydroxylamine groups is 3. The number of phosphoric acid groups is 1. The third-order valence-electron chi connectivity index (χ3n) is 2.78. The number of hydrogen-bond acceptors (Lipinski definition) is 6. The fourth-order valence-corrected chi connectivity index (χ4v) is 2.79. The molecule has 0 N–H and O–H groups in total. The van der Waals surface area contributed by atoms with Gasteiger partial charge in [-0.15, -0.1) is 4.62 Å². The molecule has 22 heavy (non-hydrogen) atoms. The molecule has 0 aliphatic carbocycles. The van der Waals surface area contributed by atoms with Crippen molar-refractivity contribution in [3.8, 4) is 0 Å². The third kappa shape index (κ3) is 11.9. The summed E-state index contributed by atoms with van der Waals surface area (Å²) in [6.07, 6.45) is 5.11. The minimum Gasteiger partial charge on any atom is -0.752 e. The van der Waals surface area contributed by atoms with Gasteiger partial charge < -0.3 is 14.2 Å². The van der Waals surface area contributed by atoms with E-state index < -0.39 is 13.8 Å². The molecule has 0 aliphatic heterocycles. The van der Waals surface area contributed by atoms with Crippen molar-refractivity contribution in [3.05, 3.63) is 12.7 Å². The lowest BCUT2D eigenvalue weighted by Crippen LogP contribution is -2.40.